The third-order valence-corrected chi connectivity index (χ3v) is 4.25. The van der Waals surface area contributed by atoms with Crippen LogP contribution in [0, 0.1) is 5.92 Å². The quantitative estimate of drug-likeness (QED) is 0.897. The zero-order chi connectivity index (χ0) is 13.7. The maximum atomic E-state index is 12.0. The van der Waals surface area contributed by atoms with Crippen LogP contribution in [0.25, 0.3) is 0 Å². The fraction of sp³-hybridized carbons (Fsp3) is 0.500. The van der Waals surface area contributed by atoms with Gasteiger partial charge in [0.1, 0.15) is 0 Å². The van der Waals surface area contributed by atoms with E-state index in [4.69, 9.17) is 23.2 Å². The Kier molecular flexibility index (Phi) is 5.49. The standard InChI is InChI=1S/C14H18Cl2N2O/c15-12-5-1-4-11(13(12)16)14(19)18-8-6-10-3-2-7-17-9-10/h1,4-5,10,17H,2-3,6-9H2,(H,18,19). The SMILES string of the molecule is O=C(NCCC1CCCNC1)c1cccc(Cl)c1Cl. The second-order valence-electron chi connectivity index (χ2n) is 4.86. The molecule has 0 bridgehead atoms. The normalized spacial score (nSPS) is 19.2. The van der Waals surface area contributed by atoms with Gasteiger partial charge in [-0.2, -0.15) is 0 Å². The lowest BCUT2D eigenvalue weighted by Gasteiger charge is -2.22. The van der Waals surface area contributed by atoms with Crippen LogP contribution in [-0.4, -0.2) is 25.5 Å². The second kappa shape index (κ2) is 7.13. The first kappa shape index (κ1) is 14.6. The topological polar surface area (TPSA) is 41.1 Å². The summed E-state index contributed by atoms with van der Waals surface area (Å²) in [7, 11) is 0. The van der Waals surface area contributed by atoms with Gasteiger partial charge in [0.25, 0.3) is 5.91 Å². The highest BCUT2D eigenvalue weighted by atomic mass is 35.5. The minimum absolute atomic E-state index is 0.156. The van der Waals surface area contributed by atoms with Crippen LogP contribution in [0.4, 0.5) is 0 Å². The van der Waals surface area contributed by atoms with Gasteiger partial charge in [-0.1, -0.05) is 29.3 Å². The Morgan fingerprint density at radius 1 is 1.42 bits per heavy atom. The average Bonchev–Trinajstić information content (AvgIpc) is 2.43. The van der Waals surface area contributed by atoms with Gasteiger partial charge in [0.05, 0.1) is 15.6 Å². The van der Waals surface area contributed by atoms with E-state index in [1.807, 2.05) is 0 Å². The van der Waals surface area contributed by atoms with E-state index in [0.29, 0.717) is 28.1 Å². The minimum Gasteiger partial charge on any atom is -0.352 e. The molecular weight excluding hydrogens is 283 g/mol. The molecule has 5 heteroatoms. The average molecular weight is 301 g/mol. The summed E-state index contributed by atoms with van der Waals surface area (Å²) in [4.78, 5) is 12.0. The van der Waals surface area contributed by atoms with Crippen molar-refractivity contribution >= 4 is 29.1 Å². The van der Waals surface area contributed by atoms with Crippen molar-refractivity contribution in [2.75, 3.05) is 19.6 Å². The van der Waals surface area contributed by atoms with Gasteiger partial charge in [-0.15, -0.1) is 0 Å². The predicted molar refractivity (Wildman–Crippen MR) is 79.0 cm³/mol. The Labute approximate surface area is 123 Å². The second-order valence-corrected chi connectivity index (χ2v) is 5.64. The van der Waals surface area contributed by atoms with E-state index in [1.165, 1.54) is 12.8 Å². The molecule has 0 radical (unpaired) electrons. The fourth-order valence-electron chi connectivity index (χ4n) is 2.33. The summed E-state index contributed by atoms with van der Waals surface area (Å²) in [5, 5.41) is 7.00. The molecule has 0 saturated carbocycles. The molecule has 1 aromatic rings. The first-order valence-electron chi connectivity index (χ1n) is 6.61. The summed E-state index contributed by atoms with van der Waals surface area (Å²) < 4.78 is 0. The molecule has 2 rings (SSSR count). The third kappa shape index (κ3) is 4.10. The van der Waals surface area contributed by atoms with Crippen molar-refractivity contribution in [3.05, 3.63) is 33.8 Å². The third-order valence-electron chi connectivity index (χ3n) is 3.43. The van der Waals surface area contributed by atoms with Gasteiger partial charge in [-0.25, -0.2) is 0 Å². The van der Waals surface area contributed by atoms with Crippen molar-refractivity contribution < 1.29 is 4.79 Å². The van der Waals surface area contributed by atoms with Crippen LogP contribution in [0.1, 0.15) is 29.6 Å². The molecule has 1 aliphatic rings. The number of carbonyl (C=O) groups is 1. The molecule has 1 aromatic carbocycles. The molecule has 3 nitrogen and oxygen atoms in total. The number of rotatable bonds is 4. The molecule has 104 valence electrons. The van der Waals surface area contributed by atoms with Crippen molar-refractivity contribution in [3.8, 4) is 0 Å². The van der Waals surface area contributed by atoms with Crippen molar-refractivity contribution in [3.63, 3.8) is 0 Å². The highest BCUT2D eigenvalue weighted by molar-refractivity contribution is 6.43. The summed E-state index contributed by atoms with van der Waals surface area (Å²) in [6.07, 6.45) is 3.45. The molecule has 1 amide bonds. The summed E-state index contributed by atoms with van der Waals surface area (Å²) >= 11 is 11.9. The van der Waals surface area contributed by atoms with Gasteiger partial charge in [0.15, 0.2) is 0 Å². The van der Waals surface area contributed by atoms with Crippen molar-refractivity contribution in [1.29, 1.82) is 0 Å². The van der Waals surface area contributed by atoms with Gasteiger partial charge in [-0.05, 0) is 50.4 Å². The van der Waals surface area contributed by atoms with Gasteiger partial charge in [0.2, 0.25) is 0 Å². The lowest BCUT2D eigenvalue weighted by molar-refractivity contribution is 0.0951. The Hall–Kier alpha value is -0.770. The number of halogens is 2. The number of benzene rings is 1. The lowest BCUT2D eigenvalue weighted by atomic mass is 9.96. The van der Waals surface area contributed by atoms with E-state index in [0.717, 1.165) is 19.5 Å². The number of carbonyl (C=O) groups excluding carboxylic acids is 1. The van der Waals surface area contributed by atoms with Gasteiger partial charge in [-0.3, -0.25) is 4.79 Å². The predicted octanol–water partition coefficient (Wildman–Crippen LogP) is 3.11. The maximum Gasteiger partial charge on any atom is 0.252 e. The van der Waals surface area contributed by atoms with Crippen LogP contribution in [0.15, 0.2) is 18.2 Å². The number of hydrogen-bond donors (Lipinski definition) is 2. The summed E-state index contributed by atoms with van der Waals surface area (Å²) in [6.45, 7) is 2.84. The van der Waals surface area contributed by atoms with Crippen LogP contribution >= 0.6 is 23.2 Å². The Balaban J connectivity index is 1.82. The Morgan fingerprint density at radius 3 is 3.00 bits per heavy atom. The lowest BCUT2D eigenvalue weighted by Crippen LogP contribution is -2.33. The zero-order valence-electron chi connectivity index (χ0n) is 10.7. The minimum atomic E-state index is -0.156. The van der Waals surface area contributed by atoms with E-state index >= 15 is 0 Å². The Bertz CT molecular complexity index is 445. The zero-order valence-corrected chi connectivity index (χ0v) is 12.2. The highest BCUT2D eigenvalue weighted by Gasteiger charge is 2.15. The number of nitrogens with one attached hydrogen (secondary N) is 2. The van der Waals surface area contributed by atoms with Crippen LogP contribution < -0.4 is 10.6 Å². The molecule has 1 fully saturated rings. The Morgan fingerprint density at radius 2 is 2.26 bits per heavy atom. The van der Waals surface area contributed by atoms with E-state index in [2.05, 4.69) is 10.6 Å². The first-order valence-corrected chi connectivity index (χ1v) is 7.37. The summed E-state index contributed by atoms with van der Waals surface area (Å²) in [5.41, 5.74) is 0.441. The molecule has 1 saturated heterocycles. The van der Waals surface area contributed by atoms with Gasteiger partial charge in [0, 0.05) is 6.54 Å². The molecular formula is C14H18Cl2N2O. The van der Waals surface area contributed by atoms with E-state index in [9.17, 15) is 4.79 Å². The van der Waals surface area contributed by atoms with Crippen LogP contribution in [0.2, 0.25) is 10.0 Å². The summed E-state index contributed by atoms with van der Waals surface area (Å²) in [6, 6.07) is 5.09. The largest absolute Gasteiger partial charge is 0.352 e. The van der Waals surface area contributed by atoms with Crippen LogP contribution in [0.3, 0.4) is 0 Å². The first-order chi connectivity index (χ1) is 9.18. The van der Waals surface area contributed by atoms with Crippen LogP contribution in [-0.2, 0) is 0 Å². The van der Waals surface area contributed by atoms with Gasteiger partial charge >= 0.3 is 0 Å². The molecule has 1 aliphatic heterocycles. The monoisotopic (exact) mass is 300 g/mol. The fourth-order valence-corrected chi connectivity index (χ4v) is 2.72. The maximum absolute atomic E-state index is 12.0. The van der Waals surface area contributed by atoms with E-state index < -0.39 is 0 Å². The van der Waals surface area contributed by atoms with Crippen molar-refractivity contribution in [1.82, 2.24) is 10.6 Å². The smallest absolute Gasteiger partial charge is 0.252 e. The molecule has 1 atom stereocenters. The molecule has 1 heterocycles. The summed E-state index contributed by atoms with van der Waals surface area (Å²) in [5.74, 6) is 0.500. The number of amides is 1. The number of piperidine rings is 1. The molecule has 0 aliphatic carbocycles. The van der Waals surface area contributed by atoms with E-state index in [1.54, 1.807) is 18.2 Å². The van der Waals surface area contributed by atoms with Crippen LogP contribution in [0.5, 0.6) is 0 Å². The van der Waals surface area contributed by atoms with E-state index in [-0.39, 0.29) is 5.91 Å². The molecule has 1 unspecified atom stereocenters. The molecule has 0 aromatic heterocycles. The van der Waals surface area contributed by atoms with Crippen molar-refractivity contribution in [2.45, 2.75) is 19.3 Å². The highest BCUT2D eigenvalue weighted by Crippen LogP contribution is 2.25. The number of hydrogen-bond acceptors (Lipinski definition) is 2. The van der Waals surface area contributed by atoms with Gasteiger partial charge < -0.3 is 10.6 Å². The molecule has 19 heavy (non-hydrogen) atoms. The molecule has 0 spiro atoms. The molecule has 2 N–H and O–H groups in total. The van der Waals surface area contributed by atoms with Crippen molar-refractivity contribution in [2.24, 2.45) is 5.92 Å².